The standard InChI is InChI=1S/C23H19F2NO3/c24-17-7-10-19(21(25)14-17)16-6-11-22(28)20(13-16)23(29)26-18-8-4-15(5-9-18)3-1-2-12-27/h4-14,28H,1-3H2,(H,26,29). The molecule has 0 aliphatic carbocycles. The highest BCUT2D eigenvalue weighted by molar-refractivity contribution is 6.06. The van der Waals surface area contributed by atoms with Crippen LogP contribution in [0.1, 0.15) is 28.8 Å². The molecule has 0 aliphatic heterocycles. The van der Waals surface area contributed by atoms with Crippen molar-refractivity contribution in [1.29, 1.82) is 0 Å². The van der Waals surface area contributed by atoms with E-state index >= 15 is 0 Å². The van der Waals surface area contributed by atoms with E-state index in [0.29, 0.717) is 17.7 Å². The van der Waals surface area contributed by atoms with Crippen molar-refractivity contribution in [3.8, 4) is 16.9 Å². The molecule has 0 saturated heterocycles. The predicted molar refractivity (Wildman–Crippen MR) is 107 cm³/mol. The number of hydrogen-bond donors (Lipinski definition) is 2. The van der Waals surface area contributed by atoms with E-state index in [-0.39, 0.29) is 16.9 Å². The van der Waals surface area contributed by atoms with Gasteiger partial charge in [-0.05, 0) is 60.4 Å². The fraction of sp³-hybridized carbons (Fsp3) is 0.130. The smallest absolute Gasteiger partial charge is 0.259 e. The van der Waals surface area contributed by atoms with Gasteiger partial charge in [0.15, 0.2) is 0 Å². The number of rotatable bonds is 7. The molecule has 3 aromatic rings. The lowest BCUT2D eigenvalue weighted by atomic mass is 10.0. The zero-order valence-corrected chi connectivity index (χ0v) is 15.5. The Morgan fingerprint density at radius 2 is 1.76 bits per heavy atom. The van der Waals surface area contributed by atoms with Crippen LogP contribution in [0.2, 0.25) is 0 Å². The number of aromatic hydroxyl groups is 1. The van der Waals surface area contributed by atoms with Gasteiger partial charge in [-0.25, -0.2) is 8.78 Å². The summed E-state index contributed by atoms with van der Waals surface area (Å²) in [6.07, 6.45) is 2.91. The van der Waals surface area contributed by atoms with E-state index in [4.69, 9.17) is 0 Å². The molecule has 6 heteroatoms. The van der Waals surface area contributed by atoms with Crippen LogP contribution in [-0.4, -0.2) is 17.3 Å². The summed E-state index contributed by atoms with van der Waals surface area (Å²) in [7, 11) is 0. The molecular weight excluding hydrogens is 376 g/mol. The molecule has 148 valence electrons. The van der Waals surface area contributed by atoms with E-state index < -0.39 is 17.5 Å². The van der Waals surface area contributed by atoms with Crippen molar-refractivity contribution in [2.24, 2.45) is 0 Å². The molecule has 0 saturated carbocycles. The number of amides is 1. The second kappa shape index (κ2) is 9.10. The molecule has 0 radical (unpaired) electrons. The second-order valence-corrected chi connectivity index (χ2v) is 6.57. The number of phenolic OH excluding ortho intramolecular Hbond substituents is 1. The van der Waals surface area contributed by atoms with Crippen molar-refractivity contribution in [3.05, 3.63) is 83.4 Å². The maximum absolute atomic E-state index is 14.0. The number of phenols is 1. The lowest BCUT2D eigenvalue weighted by molar-refractivity contribution is -0.107. The summed E-state index contributed by atoms with van der Waals surface area (Å²) in [6, 6.07) is 14.4. The van der Waals surface area contributed by atoms with Crippen LogP contribution >= 0.6 is 0 Å². The van der Waals surface area contributed by atoms with E-state index in [9.17, 15) is 23.5 Å². The zero-order chi connectivity index (χ0) is 20.8. The van der Waals surface area contributed by atoms with Crippen molar-refractivity contribution >= 4 is 17.9 Å². The Hall–Kier alpha value is -3.54. The van der Waals surface area contributed by atoms with Crippen LogP contribution < -0.4 is 5.32 Å². The first-order valence-electron chi connectivity index (χ1n) is 9.10. The second-order valence-electron chi connectivity index (χ2n) is 6.57. The first-order valence-corrected chi connectivity index (χ1v) is 9.10. The van der Waals surface area contributed by atoms with Crippen LogP contribution in [0.4, 0.5) is 14.5 Å². The minimum atomic E-state index is -0.757. The number of benzene rings is 3. The first-order chi connectivity index (χ1) is 14.0. The number of unbranched alkanes of at least 4 members (excludes halogenated alkanes) is 1. The van der Waals surface area contributed by atoms with Gasteiger partial charge in [-0.15, -0.1) is 0 Å². The topological polar surface area (TPSA) is 66.4 Å². The molecule has 1 amide bonds. The number of carbonyl (C=O) groups is 2. The fourth-order valence-electron chi connectivity index (χ4n) is 2.95. The van der Waals surface area contributed by atoms with E-state index in [1.54, 1.807) is 12.1 Å². The SMILES string of the molecule is O=CCCCc1ccc(NC(=O)c2cc(-c3ccc(F)cc3F)ccc2O)cc1. The number of nitrogens with one attached hydrogen (secondary N) is 1. The van der Waals surface area contributed by atoms with E-state index in [0.717, 1.165) is 36.8 Å². The van der Waals surface area contributed by atoms with Crippen molar-refractivity contribution in [2.45, 2.75) is 19.3 Å². The molecular formula is C23H19F2NO3. The van der Waals surface area contributed by atoms with E-state index in [2.05, 4.69) is 5.32 Å². The summed E-state index contributed by atoms with van der Waals surface area (Å²) in [5.74, 6) is -2.26. The Bertz CT molecular complexity index is 1030. The molecule has 3 rings (SSSR count). The Kier molecular flexibility index (Phi) is 6.34. The van der Waals surface area contributed by atoms with Crippen LogP contribution in [-0.2, 0) is 11.2 Å². The Balaban J connectivity index is 1.77. The highest BCUT2D eigenvalue weighted by atomic mass is 19.1. The fourth-order valence-corrected chi connectivity index (χ4v) is 2.95. The summed E-state index contributed by atoms with van der Waals surface area (Å²) in [4.78, 5) is 23.0. The lowest BCUT2D eigenvalue weighted by Gasteiger charge is -2.10. The van der Waals surface area contributed by atoms with Crippen LogP contribution in [0.15, 0.2) is 60.7 Å². The molecule has 0 spiro atoms. The van der Waals surface area contributed by atoms with Crippen molar-refractivity contribution < 1.29 is 23.5 Å². The largest absolute Gasteiger partial charge is 0.507 e. The summed E-state index contributed by atoms with van der Waals surface area (Å²) >= 11 is 0. The Morgan fingerprint density at radius 1 is 1.00 bits per heavy atom. The zero-order valence-electron chi connectivity index (χ0n) is 15.5. The minimum absolute atomic E-state index is 0.0266. The summed E-state index contributed by atoms with van der Waals surface area (Å²) < 4.78 is 27.2. The van der Waals surface area contributed by atoms with Gasteiger partial charge in [0, 0.05) is 23.7 Å². The molecule has 0 aromatic heterocycles. The van der Waals surface area contributed by atoms with Gasteiger partial charge in [0.2, 0.25) is 0 Å². The number of carbonyl (C=O) groups excluding carboxylic acids is 2. The molecule has 2 N–H and O–H groups in total. The van der Waals surface area contributed by atoms with Gasteiger partial charge in [-0.2, -0.15) is 0 Å². The predicted octanol–water partition coefficient (Wildman–Crippen LogP) is 5.11. The van der Waals surface area contributed by atoms with Crippen molar-refractivity contribution in [1.82, 2.24) is 0 Å². The summed E-state index contributed by atoms with van der Waals surface area (Å²) in [5.41, 5.74) is 2.02. The molecule has 4 nitrogen and oxygen atoms in total. The van der Waals surface area contributed by atoms with Crippen LogP contribution in [0, 0.1) is 11.6 Å². The minimum Gasteiger partial charge on any atom is -0.507 e. The Labute approximate surface area is 166 Å². The molecule has 0 aliphatic rings. The first kappa shape index (κ1) is 20.2. The number of aryl methyl sites for hydroxylation is 1. The van der Waals surface area contributed by atoms with Gasteiger partial charge < -0.3 is 15.2 Å². The van der Waals surface area contributed by atoms with E-state index in [1.165, 1.54) is 24.3 Å². The average molecular weight is 395 g/mol. The molecule has 3 aromatic carbocycles. The molecule has 0 unspecified atom stereocenters. The van der Waals surface area contributed by atoms with Gasteiger partial charge >= 0.3 is 0 Å². The average Bonchev–Trinajstić information content (AvgIpc) is 2.70. The van der Waals surface area contributed by atoms with Crippen LogP contribution in [0.25, 0.3) is 11.1 Å². The molecule has 0 atom stereocenters. The molecule has 0 fully saturated rings. The summed E-state index contributed by atoms with van der Waals surface area (Å²) in [6.45, 7) is 0. The number of aldehydes is 1. The number of hydrogen-bond acceptors (Lipinski definition) is 3. The molecule has 0 heterocycles. The van der Waals surface area contributed by atoms with Gasteiger partial charge in [-0.3, -0.25) is 4.79 Å². The molecule has 29 heavy (non-hydrogen) atoms. The summed E-state index contributed by atoms with van der Waals surface area (Å²) in [5, 5.41) is 12.8. The number of anilines is 1. The highest BCUT2D eigenvalue weighted by Crippen LogP contribution is 2.29. The van der Waals surface area contributed by atoms with Gasteiger partial charge in [-0.1, -0.05) is 18.2 Å². The Morgan fingerprint density at radius 3 is 2.45 bits per heavy atom. The van der Waals surface area contributed by atoms with Gasteiger partial charge in [0.25, 0.3) is 5.91 Å². The van der Waals surface area contributed by atoms with Gasteiger partial charge in [0.1, 0.15) is 23.7 Å². The third-order valence-electron chi connectivity index (χ3n) is 4.48. The van der Waals surface area contributed by atoms with Gasteiger partial charge in [0.05, 0.1) is 5.56 Å². The highest BCUT2D eigenvalue weighted by Gasteiger charge is 2.15. The quantitative estimate of drug-likeness (QED) is 0.431. The lowest BCUT2D eigenvalue weighted by Crippen LogP contribution is -2.12. The number of halogens is 2. The van der Waals surface area contributed by atoms with Crippen molar-refractivity contribution in [2.75, 3.05) is 5.32 Å². The normalized spacial score (nSPS) is 10.6. The van der Waals surface area contributed by atoms with Crippen LogP contribution in [0.3, 0.4) is 0 Å². The third-order valence-corrected chi connectivity index (χ3v) is 4.48. The monoisotopic (exact) mass is 395 g/mol. The maximum atomic E-state index is 14.0. The van der Waals surface area contributed by atoms with Crippen molar-refractivity contribution in [3.63, 3.8) is 0 Å². The van der Waals surface area contributed by atoms with E-state index in [1.807, 2.05) is 12.1 Å². The molecule has 0 bridgehead atoms. The van der Waals surface area contributed by atoms with Crippen LogP contribution in [0.5, 0.6) is 5.75 Å². The third kappa shape index (κ3) is 5.04. The maximum Gasteiger partial charge on any atom is 0.259 e.